The molecule has 2 rings (SSSR count). The highest BCUT2D eigenvalue weighted by atomic mass is 35.5. The van der Waals surface area contributed by atoms with Gasteiger partial charge in [0.2, 0.25) is 0 Å². The fourth-order valence-corrected chi connectivity index (χ4v) is 1.90. The van der Waals surface area contributed by atoms with E-state index in [1.807, 2.05) is 7.05 Å². The second kappa shape index (κ2) is 4.92. The van der Waals surface area contributed by atoms with E-state index in [4.69, 9.17) is 11.6 Å². The molecule has 5 heteroatoms. The molecule has 1 aliphatic rings. The van der Waals surface area contributed by atoms with Gasteiger partial charge in [-0.25, -0.2) is 4.98 Å². The number of carbonyl (C=O) groups is 1. The van der Waals surface area contributed by atoms with E-state index in [-0.39, 0.29) is 5.91 Å². The number of anilines is 1. The Morgan fingerprint density at radius 1 is 1.65 bits per heavy atom. The Hall–Kier alpha value is -1.29. The number of rotatable bonds is 4. The van der Waals surface area contributed by atoms with E-state index < -0.39 is 0 Å². The highest BCUT2D eigenvalue weighted by Crippen LogP contribution is 2.30. The average Bonchev–Trinajstić information content (AvgIpc) is 3.12. The lowest BCUT2D eigenvalue weighted by atomic mass is 10.2. The summed E-state index contributed by atoms with van der Waals surface area (Å²) >= 11 is 6.01. The second-order valence-corrected chi connectivity index (χ2v) is 4.84. The molecule has 0 aliphatic heterocycles. The van der Waals surface area contributed by atoms with Crippen LogP contribution in [0.25, 0.3) is 0 Å². The third-order valence-electron chi connectivity index (χ3n) is 2.92. The third kappa shape index (κ3) is 2.88. The lowest BCUT2D eigenvalue weighted by Crippen LogP contribution is -2.29. The van der Waals surface area contributed by atoms with Crippen molar-refractivity contribution in [1.29, 1.82) is 0 Å². The van der Waals surface area contributed by atoms with Crippen LogP contribution in [0.5, 0.6) is 0 Å². The maximum absolute atomic E-state index is 12.2. The van der Waals surface area contributed by atoms with E-state index in [1.165, 1.54) is 19.0 Å². The molecule has 0 atom stereocenters. The van der Waals surface area contributed by atoms with Crippen molar-refractivity contribution in [1.82, 2.24) is 9.88 Å². The zero-order valence-corrected chi connectivity index (χ0v) is 10.8. The summed E-state index contributed by atoms with van der Waals surface area (Å²) in [5.41, 5.74) is 0.508. The molecule has 0 bridgehead atoms. The maximum Gasteiger partial charge on any atom is 0.255 e. The minimum atomic E-state index is -0.0409. The quantitative estimate of drug-likeness (QED) is 0.895. The Labute approximate surface area is 106 Å². The summed E-state index contributed by atoms with van der Waals surface area (Å²) in [4.78, 5) is 18.0. The van der Waals surface area contributed by atoms with Gasteiger partial charge in [0.1, 0.15) is 5.82 Å². The third-order valence-corrected chi connectivity index (χ3v) is 3.22. The van der Waals surface area contributed by atoms with Gasteiger partial charge in [0, 0.05) is 26.8 Å². The first kappa shape index (κ1) is 12.2. The van der Waals surface area contributed by atoms with Crippen molar-refractivity contribution in [3.63, 3.8) is 0 Å². The summed E-state index contributed by atoms with van der Waals surface area (Å²) in [6.45, 7) is 0.812. The number of pyridine rings is 1. The van der Waals surface area contributed by atoms with Gasteiger partial charge in [-0.05, 0) is 24.8 Å². The second-order valence-electron chi connectivity index (χ2n) is 4.43. The topological polar surface area (TPSA) is 45.2 Å². The van der Waals surface area contributed by atoms with Crippen LogP contribution in [0, 0.1) is 5.92 Å². The molecule has 1 aromatic heterocycles. The number of nitrogens with zero attached hydrogens (tertiary/aromatic N) is 2. The molecule has 1 fully saturated rings. The van der Waals surface area contributed by atoms with Gasteiger partial charge in [-0.2, -0.15) is 0 Å². The molecule has 0 unspecified atom stereocenters. The molecule has 1 aromatic rings. The van der Waals surface area contributed by atoms with Crippen molar-refractivity contribution in [2.45, 2.75) is 12.8 Å². The van der Waals surface area contributed by atoms with Gasteiger partial charge in [0.05, 0.1) is 10.6 Å². The van der Waals surface area contributed by atoms with E-state index >= 15 is 0 Å². The Bertz CT molecular complexity index is 432. The van der Waals surface area contributed by atoms with Gasteiger partial charge in [0.15, 0.2) is 0 Å². The summed E-state index contributed by atoms with van der Waals surface area (Å²) in [7, 11) is 3.58. The van der Waals surface area contributed by atoms with E-state index in [0.29, 0.717) is 22.3 Å². The summed E-state index contributed by atoms with van der Waals surface area (Å²) in [6, 6.07) is 1.69. The lowest BCUT2D eigenvalue weighted by Gasteiger charge is -2.17. The number of hydrogen-bond donors (Lipinski definition) is 1. The Balaban J connectivity index is 2.16. The van der Waals surface area contributed by atoms with E-state index in [0.717, 1.165) is 6.54 Å². The largest absolute Gasteiger partial charge is 0.373 e. The van der Waals surface area contributed by atoms with Gasteiger partial charge < -0.3 is 10.2 Å². The zero-order chi connectivity index (χ0) is 12.4. The molecule has 1 N–H and O–H groups in total. The molecular formula is C12H16ClN3O. The fraction of sp³-hybridized carbons (Fsp3) is 0.500. The molecule has 92 valence electrons. The highest BCUT2D eigenvalue weighted by Gasteiger charge is 2.26. The Kier molecular flexibility index (Phi) is 3.52. The summed E-state index contributed by atoms with van der Waals surface area (Å²) < 4.78 is 0. The number of amides is 1. The molecule has 17 heavy (non-hydrogen) atoms. The van der Waals surface area contributed by atoms with Gasteiger partial charge >= 0.3 is 0 Å². The van der Waals surface area contributed by atoms with Crippen LogP contribution < -0.4 is 5.32 Å². The summed E-state index contributed by atoms with van der Waals surface area (Å²) in [5, 5.41) is 3.30. The van der Waals surface area contributed by atoms with Gasteiger partial charge in [-0.15, -0.1) is 0 Å². The summed E-state index contributed by atoms with van der Waals surface area (Å²) in [5.74, 6) is 1.28. The summed E-state index contributed by atoms with van der Waals surface area (Å²) in [6.07, 6.45) is 3.96. The first-order valence-corrected chi connectivity index (χ1v) is 6.08. The van der Waals surface area contributed by atoms with Crippen molar-refractivity contribution in [3.05, 3.63) is 22.8 Å². The molecule has 0 radical (unpaired) electrons. The van der Waals surface area contributed by atoms with Crippen LogP contribution in [0.1, 0.15) is 23.2 Å². The van der Waals surface area contributed by atoms with Crippen LogP contribution >= 0.6 is 11.6 Å². The van der Waals surface area contributed by atoms with Gasteiger partial charge in [-0.3, -0.25) is 4.79 Å². The van der Waals surface area contributed by atoms with E-state index in [9.17, 15) is 4.79 Å². The van der Waals surface area contributed by atoms with Crippen LogP contribution in [-0.4, -0.2) is 36.4 Å². The lowest BCUT2D eigenvalue weighted by molar-refractivity contribution is 0.0789. The van der Waals surface area contributed by atoms with Gasteiger partial charge in [0.25, 0.3) is 5.91 Å². The zero-order valence-electron chi connectivity index (χ0n) is 10.0. The molecule has 0 aromatic carbocycles. The highest BCUT2D eigenvalue weighted by molar-refractivity contribution is 6.33. The monoisotopic (exact) mass is 253 g/mol. The van der Waals surface area contributed by atoms with Crippen molar-refractivity contribution in [3.8, 4) is 0 Å². The Morgan fingerprint density at radius 2 is 2.35 bits per heavy atom. The maximum atomic E-state index is 12.2. The minimum absolute atomic E-state index is 0.0409. The number of nitrogens with one attached hydrogen (secondary N) is 1. The number of aromatic nitrogens is 1. The molecular weight excluding hydrogens is 238 g/mol. The molecule has 1 aliphatic carbocycles. The molecule has 1 saturated carbocycles. The molecule has 0 saturated heterocycles. The van der Waals surface area contributed by atoms with Crippen LogP contribution in [0.3, 0.4) is 0 Å². The molecule has 4 nitrogen and oxygen atoms in total. The van der Waals surface area contributed by atoms with Crippen LogP contribution in [0.4, 0.5) is 5.82 Å². The molecule has 1 amide bonds. The van der Waals surface area contributed by atoms with Crippen molar-refractivity contribution in [2.24, 2.45) is 5.92 Å². The van der Waals surface area contributed by atoms with Gasteiger partial charge in [-0.1, -0.05) is 11.6 Å². The van der Waals surface area contributed by atoms with Crippen molar-refractivity contribution < 1.29 is 4.79 Å². The fourth-order valence-electron chi connectivity index (χ4n) is 1.72. The van der Waals surface area contributed by atoms with E-state index in [1.54, 1.807) is 18.0 Å². The first-order valence-electron chi connectivity index (χ1n) is 5.70. The minimum Gasteiger partial charge on any atom is -0.373 e. The SMILES string of the molecule is CNc1cc(C(=O)N(C)CC2CC2)c(Cl)cn1. The standard InChI is InChI=1S/C12H16ClN3O/c1-14-11-5-9(10(13)6-15-11)12(17)16(2)7-8-3-4-8/h5-6,8H,3-4,7H2,1-2H3,(H,14,15). The smallest absolute Gasteiger partial charge is 0.255 e. The molecule has 0 spiro atoms. The number of hydrogen-bond acceptors (Lipinski definition) is 3. The first-order chi connectivity index (χ1) is 8.11. The van der Waals surface area contributed by atoms with Crippen molar-refractivity contribution >= 4 is 23.3 Å². The van der Waals surface area contributed by atoms with E-state index in [2.05, 4.69) is 10.3 Å². The normalized spacial score (nSPS) is 14.5. The predicted octanol–water partition coefficient (Wildman–Crippen LogP) is 2.26. The Morgan fingerprint density at radius 3 is 2.94 bits per heavy atom. The number of halogens is 1. The van der Waals surface area contributed by atoms with Crippen LogP contribution in [0.15, 0.2) is 12.3 Å². The average molecular weight is 254 g/mol. The molecule has 1 heterocycles. The van der Waals surface area contributed by atoms with Crippen molar-refractivity contribution in [2.75, 3.05) is 26.0 Å². The predicted molar refractivity (Wildman–Crippen MR) is 68.5 cm³/mol. The number of carbonyl (C=O) groups excluding carboxylic acids is 1. The van der Waals surface area contributed by atoms with Crippen LogP contribution in [0.2, 0.25) is 5.02 Å². The van der Waals surface area contributed by atoms with Crippen LogP contribution in [-0.2, 0) is 0 Å².